The molecular formula is C21H18ClN3O3. The number of methoxy groups -OCH3 is 1. The Balaban J connectivity index is 1.79. The molecule has 2 heterocycles. The summed E-state index contributed by atoms with van der Waals surface area (Å²) in [6.07, 6.45) is 0.0769. The van der Waals surface area contributed by atoms with Gasteiger partial charge in [-0.15, -0.1) is 0 Å². The van der Waals surface area contributed by atoms with E-state index in [1.807, 2.05) is 31.2 Å². The average molecular weight is 396 g/mol. The number of hydrogen-bond acceptors (Lipinski definition) is 4. The van der Waals surface area contributed by atoms with E-state index >= 15 is 0 Å². The summed E-state index contributed by atoms with van der Waals surface area (Å²) < 4.78 is 6.84. The number of ether oxygens (including phenoxy) is 1. The third kappa shape index (κ3) is 3.16. The lowest BCUT2D eigenvalue weighted by Gasteiger charge is -2.23. The number of nitrogens with one attached hydrogen (secondary N) is 1. The van der Waals surface area contributed by atoms with Crippen molar-refractivity contribution in [3.63, 3.8) is 0 Å². The van der Waals surface area contributed by atoms with Gasteiger partial charge in [0.2, 0.25) is 5.91 Å². The summed E-state index contributed by atoms with van der Waals surface area (Å²) in [4.78, 5) is 25.5. The van der Waals surface area contributed by atoms with Gasteiger partial charge >= 0.3 is 0 Å². The zero-order valence-electron chi connectivity index (χ0n) is 15.4. The maximum absolute atomic E-state index is 13.1. The molecule has 0 radical (unpaired) electrons. The Morgan fingerprint density at radius 3 is 2.68 bits per heavy atom. The number of carbonyl (C=O) groups excluding carboxylic acids is 2. The summed E-state index contributed by atoms with van der Waals surface area (Å²) in [6.45, 7) is 1.84. The predicted octanol–water partition coefficient (Wildman–Crippen LogP) is 4.15. The third-order valence-electron chi connectivity index (χ3n) is 4.85. The second-order valence-corrected chi connectivity index (χ2v) is 7.07. The van der Waals surface area contributed by atoms with Crippen molar-refractivity contribution in [2.45, 2.75) is 19.3 Å². The van der Waals surface area contributed by atoms with E-state index in [9.17, 15) is 9.59 Å². The molecule has 0 saturated carbocycles. The first kappa shape index (κ1) is 18.3. The molecule has 1 aliphatic heterocycles. The highest BCUT2D eigenvalue weighted by Crippen LogP contribution is 2.38. The predicted molar refractivity (Wildman–Crippen MR) is 107 cm³/mol. The lowest BCUT2D eigenvalue weighted by Crippen LogP contribution is -2.28. The second-order valence-electron chi connectivity index (χ2n) is 6.64. The quantitative estimate of drug-likeness (QED) is 0.673. The standard InChI is InChI=1S/C21H18ClN3O3/c1-12-19-17(20(27)13-4-3-5-14(22)10-13)11-18(26)23-21(19)25(24-12)15-6-8-16(28-2)9-7-15/h3-10,17H,11H2,1-2H3,(H,23,26)/t17-/m1/s1. The van der Waals surface area contributed by atoms with Gasteiger partial charge in [0.15, 0.2) is 5.78 Å². The maximum atomic E-state index is 13.1. The van der Waals surface area contributed by atoms with Crippen LogP contribution in [0.25, 0.3) is 5.69 Å². The number of aromatic nitrogens is 2. The van der Waals surface area contributed by atoms with Crippen LogP contribution in [0, 0.1) is 6.92 Å². The minimum atomic E-state index is -0.603. The SMILES string of the molecule is COc1ccc(-n2nc(C)c3c2NC(=O)C[C@H]3C(=O)c2cccc(Cl)c2)cc1. The van der Waals surface area contributed by atoms with Gasteiger partial charge in [0.05, 0.1) is 24.4 Å². The van der Waals surface area contributed by atoms with Crippen LogP contribution in [0.15, 0.2) is 48.5 Å². The lowest BCUT2D eigenvalue weighted by atomic mass is 9.85. The molecule has 0 aliphatic carbocycles. The van der Waals surface area contributed by atoms with Crippen LogP contribution in [0.2, 0.25) is 5.02 Å². The highest BCUT2D eigenvalue weighted by atomic mass is 35.5. The number of Topliss-reactive ketones (excluding diaryl/α,β-unsaturated/α-hetero) is 1. The van der Waals surface area contributed by atoms with Crippen molar-refractivity contribution in [3.05, 3.63) is 70.4 Å². The van der Waals surface area contributed by atoms with E-state index in [0.717, 1.165) is 17.0 Å². The number of hydrogen-bond donors (Lipinski definition) is 1. The van der Waals surface area contributed by atoms with Crippen LogP contribution in [-0.2, 0) is 4.79 Å². The van der Waals surface area contributed by atoms with E-state index < -0.39 is 5.92 Å². The van der Waals surface area contributed by atoms with Gasteiger partial charge in [0.1, 0.15) is 11.6 Å². The fraction of sp³-hybridized carbons (Fsp3) is 0.190. The number of amides is 1. The first-order valence-electron chi connectivity index (χ1n) is 8.81. The lowest BCUT2D eigenvalue weighted by molar-refractivity contribution is -0.116. The number of fused-ring (bicyclic) bond motifs is 1. The molecule has 1 amide bonds. The van der Waals surface area contributed by atoms with Crippen LogP contribution in [0.3, 0.4) is 0 Å². The van der Waals surface area contributed by atoms with Gasteiger partial charge in [0, 0.05) is 22.6 Å². The summed E-state index contributed by atoms with van der Waals surface area (Å²) in [7, 11) is 1.60. The molecule has 1 N–H and O–H groups in total. The van der Waals surface area contributed by atoms with E-state index in [0.29, 0.717) is 22.1 Å². The molecule has 1 aliphatic rings. The number of anilines is 1. The molecular weight excluding hydrogens is 378 g/mol. The molecule has 142 valence electrons. The summed E-state index contributed by atoms with van der Waals surface area (Å²) in [6, 6.07) is 14.1. The maximum Gasteiger partial charge on any atom is 0.226 e. The summed E-state index contributed by atoms with van der Waals surface area (Å²) >= 11 is 6.04. The van der Waals surface area contributed by atoms with Crippen molar-refractivity contribution in [2.75, 3.05) is 12.4 Å². The van der Waals surface area contributed by atoms with Gasteiger partial charge in [-0.05, 0) is 43.3 Å². The largest absolute Gasteiger partial charge is 0.497 e. The molecule has 3 aromatic rings. The van der Waals surface area contributed by atoms with Crippen molar-refractivity contribution in [1.29, 1.82) is 0 Å². The van der Waals surface area contributed by atoms with Crippen molar-refractivity contribution < 1.29 is 14.3 Å². The molecule has 1 atom stereocenters. The van der Waals surface area contributed by atoms with E-state index in [2.05, 4.69) is 10.4 Å². The number of rotatable bonds is 4. The highest BCUT2D eigenvalue weighted by Gasteiger charge is 2.36. The van der Waals surface area contributed by atoms with Crippen molar-refractivity contribution >= 4 is 29.1 Å². The van der Waals surface area contributed by atoms with E-state index in [1.54, 1.807) is 36.1 Å². The number of benzene rings is 2. The smallest absolute Gasteiger partial charge is 0.226 e. The molecule has 7 heteroatoms. The fourth-order valence-corrected chi connectivity index (χ4v) is 3.71. The van der Waals surface area contributed by atoms with E-state index in [-0.39, 0.29) is 18.1 Å². The summed E-state index contributed by atoms with van der Waals surface area (Å²) in [5.74, 6) is 0.284. The average Bonchev–Trinajstić information content (AvgIpc) is 3.03. The zero-order chi connectivity index (χ0) is 19.8. The highest BCUT2D eigenvalue weighted by molar-refractivity contribution is 6.31. The molecule has 0 unspecified atom stereocenters. The molecule has 0 fully saturated rings. The second kappa shape index (κ2) is 7.13. The van der Waals surface area contributed by atoms with Gasteiger partial charge in [-0.2, -0.15) is 5.10 Å². The summed E-state index contributed by atoms with van der Waals surface area (Å²) in [5.41, 5.74) is 2.68. The number of ketones is 1. The Morgan fingerprint density at radius 2 is 2.00 bits per heavy atom. The molecule has 0 saturated heterocycles. The number of halogens is 1. The third-order valence-corrected chi connectivity index (χ3v) is 5.08. The van der Waals surface area contributed by atoms with Crippen LogP contribution in [0.5, 0.6) is 5.75 Å². The fourth-order valence-electron chi connectivity index (χ4n) is 3.52. The number of carbonyl (C=O) groups is 2. The molecule has 4 rings (SSSR count). The van der Waals surface area contributed by atoms with Crippen LogP contribution in [0.4, 0.5) is 5.82 Å². The van der Waals surface area contributed by atoms with Crippen molar-refractivity contribution in [3.8, 4) is 11.4 Å². The number of aryl methyl sites for hydroxylation is 1. The Kier molecular flexibility index (Phi) is 4.65. The Labute approximate surface area is 167 Å². The summed E-state index contributed by atoms with van der Waals surface area (Å²) in [5, 5.41) is 7.94. The number of nitrogens with zero attached hydrogens (tertiary/aromatic N) is 2. The molecule has 6 nitrogen and oxygen atoms in total. The first-order valence-corrected chi connectivity index (χ1v) is 9.19. The molecule has 2 aromatic carbocycles. The van der Waals surface area contributed by atoms with Crippen molar-refractivity contribution in [1.82, 2.24) is 9.78 Å². The van der Waals surface area contributed by atoms with Crippen LogP contribution in [-0.4, -0.2) is 28.6 Å². The van der Waals surface area contributed by atoms with Gasteiger partial charge in [-0.1, -0.05) is 23.7 Å². The minimum Gasteiger partial charge on any atom is -0.497 e. The first-order chi connectivity index (χ1) is 13.5. The molecule has 0 spiro atoms. The minimum absolute atomic E-state index is 0.0769. The van der Waals surface area contributed by atoms with Crippen molar-refractivity contribution in [2.24, 2.45) is 0 Å². The van der Waals surface area contributed by atoms with Gasteiger partial charge in [-0.3, -0.25) is 9.59 Å². The van der Waals surface area contributed by atoms with Crippen LogP contribution >= 0.6 is 11.6 Å². The van der Waals surface area contributed by atoms with Crippen LogP contribution < -0.4 is 10.1 Å². The Hall–Kier alpha value is -3.12. The van der Waals surface area contributed by atoms with Gasteiger partial charge in [-0.25, -0.2) is 4.68 Å². The monoisotopic (exact) mass is 395 g/mol. The normalized spacial score (nSPS) is 15.7. The van der Waals surface area contributed by atoms with E-state index in [4.69, 9.17) is 16.3 Å². The van der Waals surface area contributed by atoms with Gasteiger partial charge in [0.25, 0.3) is 0 Å². The molecule has 28 heavy (non-hydrogen) atoms. The van der Waals surface area contributed by atoms with Crippen LogP contribution in [0.1, 0.15) is 34.0 Å². The topological polar surface area (TPSA) is 73.2 Å². The molecule has 0 bridgehead atoms. The Morgan fingerprint density at radius 1 is 1.25 bits per heavy atom. The van der Waals surface area contributed by atoms with Gasteiger partial charge < -0.3 is 10.1 Å². The zero-order valence-corrected chi connectivity index (χ0v) is 16.2. The Bertz CT molecular complexity index is 1070. The van der Waals surface area contributed by atoms with E-state index in [1.165, 1.54) is 0 Å². The molecule has 1 aromatic heterocycles.